The number of hydrogen-bond acceptors (Lipinski definition) is 19. The number of benzene rings is 6. The zero-order valence-electron chi connectivity index (χ0n) is 72.5. The predicted molar refractivity (Wildman–Crippen MR) is 469 cm³/mol. The van der Waals surface area contributed by atoms with Crippen molar-refractivity contribution in [1.29, 1.82) is 5.26 Å². The molecule has 8 aromatic rings. The Kier molecular flexibility index (Phi) is 26.4. The molecule has 6 aromatic carbocycles. The number of nitriles is 1. The molecule has 8 aliphatic carbocycles. The number of amides is 2. The molecule has 5 unspecified atom stereocenters. The predicted octanol–water partition coefficient (Wildman–Crippen LogP) is 12.7. The van der Waals surface area contributed by atoms with E-state index in [0.717, 1.165) is 71.9 Å². The van der Waals surface area contributed by atoms with E-state index in [1.807, 2.05) is 109 Å². The first-order chi connectivity index (χ1) is 60.5. The molecule has 4 saturated heterocycles. The number of nitrogens with one attached hydrogen (secondary N) is 4. The van der Waals surface area contributed by atoms with Gasteiger partial charge in [-0.05, 0) is 235 Å². The number of aliphatic hydroxyl groups is 1. The molecule has 0 radical (unpaired) electrons. The minimum absolute atomic E-state index is 0. The van der Waals surface area contributed by atoms with E-state index in [1.54, 1.807) is 28.4 Å². The Balaban J connectivity index is 0.000000188. The van der Waals surface area contributed by atoms with Crippen LogP contribution in [0.15, 0.2) is 189 Å². The summed E-state index contributed by atoms with van der Waals surface area (Å²) in [7, 11) is 4.69. The van der Waals surface area contributed by atoms with E-state index in [4.69, 9.17) is 46.9 Å². The van der Waals surface area contributed by atoms with Crippen LogP contribution in [0.5, 0.6) is 23.0 Å². The monoisotopic (exact) mass is 1900 g/mol. The summed E-state index contributed by atoms with van der Waals surface area (Å²) in [5, 5.41) is 27.7. The van der Waals surface area contributed by atoms with Crippen LogP contribution in [0.4, 0.5) is 0 Å². The molecule has 0 spiro atoms. The average Bonchev–Trinajstić information content (AvgIpc) is 1.53. The van der Waals surface area contributed by atoms with Gasteiger partial charge in [0.2, 0.25) is 11.8 Å². The summed E-state index contributed by atoms with van der Waals surface area (Å²) in [6.45, 7) is 8.77. The maximum absolute atomic E-state index is 14.1. The molecular formula is C99H111N8O17PW. The van der Waals surface area contributed by atoms with Crippen molar-refractivity contribution >= 4 is 20.3 Å². The van der Waals surface area contributed by atoms with Crippen LogP contribution >= 0.6 is 8.53 Å². The van der Waals surface area contributed by atoms with Gasteiger partial charge < -0.3 is 62.7 Å². The number of H-pyrrole nitrogens is 2. The first-order valence-electron chi connectivity index (χ1n) is 43.9. The number of aromatic nitrogens is 4. The van der Waals surface area contributed by atoms with Crippen LogP contribution in [-0.4, -0.2) is 150 Å². The second-order valence-corrected chi connectivity index (χ2v) is 38.2. The summed E-state index contributed by atoms with van der Waals surface area (Å²) in [4.78, 5) is 86.0. The quantitative estimate of drug-likeness (QED) is 0.0132. The number of rotatable bonds is 28. The molecule has 12 aliphatic rings. The molecule has 12 bridgehead atoms. The first kappa shape index (κ1) is 89.6. The number of aromatic amines is 2. The molecule has 27 heteroatoms. The maximum Gasteiger partial charge on any atom is 0.330 e. The van der Waals surface area contributed by atoms with Crippen molar-refractivity contribution in [2.75, 3.05) is 61.3 Å². The van der Waals surface area contributed by atoms with Gasteiger partial charge in [0.1, 0.15) is 69.7 Å². The van der Waals surface area contributed by atoms with E-state index in [1.165, 1.54) is 60.1 Å². The molecule has 6 heterocycles. The van der Waals surface area contributed by atoms with Gasteiger partial charge in [-0.2, -0.15) is 5.26 Å². The van der Waals surface area contributed by atoms with Crippen molar-refractivity contribution < 1.29 is 82.7 Å². The number of aliphatic hydroxyl groups excluding tert-OH is 1. The van der Waals surface area contributed by atoms with Crippen LogP contribution in [0.25, 0.3) is 0 Å². The van der Waals surface area contributed by atoms with Crippen LogP contribution in [0.1, 0.15) is 181 Å². The molecule has 12 fully saturated rings. The van der Waals surface area contributed by atoms with Gasteiger partial charge in [-0.1, -0.05) is 133 Å². The molecule has 2 amide bonds. The molecule has 4 aliphatic heterocycles. The fourth-order valence-corrected chi connectivity index (χ4v) is 25.6. The number of carbonyl (C=O) groups is 2. The van der Waals surface area contributed by atoms with E-state index in [0.29, 0.717) is 58.5 Å². The van der Waals surface area contributed by atoms with Gasteiger partial charge in [0.15, 0.2) is 12.5 Å². The van der Waals surface area contributed by atoms with Crippen molar-refractivity contribution in [1.82, 2.24) is 34.4 Å². The fraction of sp³-hybridized carbons (Fsp3) is 0.485. The Labute approximate surface area is 749 Å². The third kappa shape index (κ3) is 17.0. The van der Waals surface area contributed by atoms with Crippen LogP contribution in [0.2, 0.25) is 0 Å². The average molecular weight is 1900 g/mol. The van der Waals surface area contributed by atoms with Gasteiger partial charge in [-0.3, -0.25) is 38.3 Å². The molecule has 660 valence electrons. The van der Waals surface area contributed by atoms with Crippen molar-refractivity contribution in [3.8, 4) is 52.7 Å². The zero-order valence-corrected chi connectivity index (χ0v) is 76.3. The van der Waals surface area contributed by atoms with Gasteiger partial charge in [-0.25, -0.2) is 14.3 Å². The van der Waals surface area contributed by atoms with Gasteiger partial charge in [0, 0.05) is 67.2 Å². The van der Waals surface area contributed by atoms with Gasteiger partial charge in [0.05, 0.1) is 73.8 Å². The summed E-state index contributed by atoms with van der Waals surface area (Å²) in [6.07, 6.45) is 10.7. The molecule has 9 atom stereocenters. The Bertz CT molecular complexity index is 5510. The summed E-state index contributed by atoms with van der Waals surface area (Å²) in [5.41, 5.74) is -1.90. The third-order valence-electron chi connectivity index (χ3n) is 28.5. The molecule has 25 nitrogen and oxygen atoms in total. The summed E-state index contributed by atoms with van der Waals surface area (Å²) in [6, 6.07) is 54.1. The molecule has 5 N–H and O–H groups in total. The Morgan fingerprint density at radius 1 is 0.524 bits per heavy atom. The number of fused-ring (bicyclic) bond motifs is 4. The minimum atomic E-state index is -1.83. The largest absolute Gasteiger partial charge is 0.497 e. The molecule has 8 saturated carbocycles. The normalized spacial score (nSPS) is 28.0. The SMILES string of the molecule is COc1ccc(C(CC23COC([C@H](n4cc(C#CCNC(=O)C56CC7CC(CC(C7)C5)C6)c(=O)[nH]c4=O)O2)[C@H]3O)(c2ccccc2)c2ccc(OC)cc2)cc1.COc1ccc(C(CC23COC([C@H](n4cc(C#CCNC(=O)C56CC7CC(CC(C7)C5)C6)c(=O)[nH]c4=O)O2)[C@H]3OP(OCCC#N)N(C(C)C)C(C)C)(c2ccccc2)c2ccc(OC)cc2)cc1.[W]. The molecule has 20 rings (SSSR count). The van der Waals surface area contributed by atoms with E-state index in [2.05, 4.69) is 131 Å². The third-order valence-corrected chi connectivity index (χ3v) is 30.6. The Morgan fingerprint density at radius 3 is 1.23 bits per heavy atom. The molecule has 2 aromatic heterocycles. The maximum atomic E-state index is 14.1. The zero-order chi connectivity index (χ0) is 87.2. The van der Waals surface area contributed by atoms with E-state index >= 15 is 0 Å². The van der Waals surface area contributed by atoms with Crippen molar-refractivity contribution in [3.63, 3.8) is 0 Å². The van der Waals surface area contributed by atoms with Gasteiger partial charge in [-0.15, -0.1) is 0 Å². The number of methoxy groups -OCH3 is 4. The second kappa shape index (κ2) is 37.1. The Hall–Kier alpha value is -9.77. The molecule has 126 heavy (non-hydrogen) atoms. The number of hydrogen-bond donors (Lipinski definition) is 5. The van der Waals surface area contributed by atoms with Crippen LogP contribution in [0, 0.1) is 81.4 Å². The van der Waals surface area contributed by atoms with Crippen molar-refractivity contribution in [2.45, 2.75) is 195 Å². The Morgan fingerprint density at radius 2 is 0.865 bits per heavy atom. The van der Waals surface area contributed by atoms with Crippen molar-refractivity contribution in [2.24, 2.45) is 46.3 Å². The van der Waals surface area contributed by atoms with E-state index < -0.39 is 89.9 Å². The minimum Gasteiger partial charge on any atom is -0.497 e. The summed E-state index contributed by atoms with van der Waals surface area (Å²) < 4.78 is 68.1. The number of carbonyl (C=O) groups excluding carboxylic acids is 2. The number of nitrogens with zero attached hydrogens (tertiary/aromatic N) is 4. The fourth-order valence-electron chi connectivity index (χ4n) is 23.7. The smallest absolute Gasteiger partial charge is 0.330 e. The van der Waals surface area contributed by atoms with Crippen LogP contribution in [0.3, 0.4) is 0 Å². The molecular weight excluding hydrogens is 1790 g/mol. The van der Waals surface area contributed by atoms with Crippen LogP contribution < -0.4 is 52.1 Å². The van der Waals surface area contributed by atoms with Gasteiger partial charge in [0.25, 0.3) is 19.6 Å². The van der Waals surface area contributed by atoms with E-state index in [-0.39, 0.29) is 119 Å². The standard InChI is InChI=1S/C54H64N5O9P.C45H47N3O8.W/c1-35(2)59(36(3)4)69(66-25-11-23-55)68-47-46-49(58-32-40(48(60)57-51(58)62)12-10-24-56-50(61)52-29-37-26-38(30-52)28-39(27-37)31-52)67-53(47,34-65-46)33-54(41-13-8-7-9-14-41,42-15-19-44(63-5)20-16-42)43-17-21-45(64-6)22-18-43;1-53-35-14-10-33(11-15-35)45(32-8-4-3-5-9-32,34-12-16-36(54-2)17-13-34)26-44-27-55-37(38(44)49)40(56-44)48-25-31(39(50)47-42(48)52)7-6-18-46-41(51)43-22-28-19-29(23-43)21-30(20-28)24-43;/h7-9,13-22,32,35-39,46-47,49H,11,24-31,33-34H2,1-6H3,(H,56,61)(H,57,60,62);3-5,8-17,25,28-30,37-38,40,49H,18-24,26-27H2,1-2H3,(H,46,51)(H,47,50,52);/t37?,38?,39?,46?,47-,49-,52?,53?,69?;28?,29?,30?,37?,38-,40-,43?,44?;/m11./s1. The van der Waals surface area contributed by atoms with Crippen LogP contribution in [-0.2, 0) is 69.5 Å². The van der Waals surface area contributed by atoms with E-state index in [9.17, 15) is 39.1 Å². The van der Waals surface area contributed by atoms with Gasteiger partial charge >= 0.3 is 11.4 Å². The number of ether oxygens (including phenoxy) is 8. The summed E-state index contributed by atoms with van der Waals surface area (Å²) >= 11 is 0. The van der Waals surface area contributed by atoms with Crippen molar-refractivity contribution in [3.05, 3.63) is 256 Å². The summed E-state index contributed by atoms with van der Waals surface area (Å²) in [5.74, 6) is 18.5. The first-order valence-corrected chi connectivity index (χ1v) is 45.1. The second-order valence-electron chi connectivity index (χ2n) is 36.8. The topological polar surface area (TPSA) is 307 Å².